The van der Waals surface area contributed by atoms with Crippen molar-refractivity contribution in [2.45, 2.75) is 117 Å². The van der Waals surface area contributed by atoms with Crippen LogP contribution in [0.4, 0.5) is 0 Å². The number of hydrogen-bond acceptors (Lipinski definition) is 1. The molecule has 0 aromatic heterocycles. The third-order valence-electron chi connectivity index (χ3n) is 4.97. The standard InChI is InChI=1S/C20H42O/c1-4-20(2,3)18-16-14-12-10-8-6-5-7-9-11-13-15-17-19-21/h21H,4-19H2,1-3H3. The number of rotatable bonds is 16. The lowest BCUT2D eigenvalue weighted by Gasteiger charge is -2.22. The van der Waals surface area contributed by atoms with Crippen molar-refractivity contribution >= 4 is 0 Å². The fraction of sp³-hybridized carbons (Fsp3) is 1.00. The van der Waals surface area contributed by atoms with Crippen molar-refractivity contribution < 1.29 is 5.11 Å². The molecular formula is C20H42O. The highest BCUT2D eigenvalue weighted by molar-refractivity contribution is 4.65. The van der Waals surface area contributed by atoms with Gasteiger partial charge in [0.2, 0.25) is 0 Å². The molecule has 0 amide bonds. The van der Waals surface area contributed by atoms with E-state index in [4.69, 9.17) is 5.11 Å². The molecule has 0 saturated carbocycles. The van der Waals surface area contributed by atoms with E-state index in [9.17, 15) is 0 Å². The van der Waals surface area contributed by atoms with Crippen LogP contribution in [-0.4, -0.2) is 11.7 Å². The van der Waals surface area contributed by atoms with E-state index < -0.39 is 0 Å². The van der Waals surface area contributed by atoms with Gasteiger partial charge in [-0.3, -0.25) is 0 Å². The summed E-state index contributed by atoms with van der Waals surface area (Å²) in [6.45, 7) is 7.48. The molecule has 0 fully saturated rings. The molecule has 1 heteroatoms. The molecule has 0 aliphatic heterocycles. The van der Waals surface area contributed by atoms with Crippen LogP contribution in [-0.2, 0) is 0 Å². The summed E-state index contributed by atoms with van der Waals surface area (Å²) in [5.41, 5.74) is 0.567. The van der Waals surface area contributed by atoms with Gasteiger partial charge in [0.15, 0.2) is 0 Å². The Morgan fingerprint density at radius 2 is 0.905 bits per heavy atom. The first-order valence-electron chi connectivity index (χ1n) is 9.73. The summed E-state index contributed by atoms with van der Waals surface area (Å²) in [5, 5.41) is 8.70. The van der Waals surface area contributed by atoms with Gasteiger partial charge in [-0.15, -0.1) is 0 Å². The minimum absolute atomic E-state index is 0.371. The second-order valence-electron chi connectivity index (χ2n) is 7.59. The molecular weight excluding hydrogens is 256 g/mol. The van der Waals surface area contributed by atoms with E-state index >= 15 is 0 Å². The van der Waals surface area contributed by atoms with Crippen LogP contribution in [0.5, 0.6) is 0 Å². The number of aliphatic hydroxyl groups is 1. The van der Waals surface area contributed by atoms with Gasteiger partial charge < -0.3 is 5.11 Å². The molecule has 0 aromatic carbocycles. The molecule has 0 heterocycles. The smallest absolute Gasteiger partial charge is 0.0431 e. The highest BCUT2D eigenvalue weighted by atomic mass is 16.2. The zero-order valence-corrected chi connectivity index (χ0v) is 15.3. The Balaban J connectivity index is 3.06. The van der Waals surface area contributed by atoms with Gasteiger partial charge in [0.05, 0.1) is 0 Å². The van der Waals surface area contributed by atoms with E-state index in [1.165, 1.54) is 89.9 Å². The first kappa shape index (κ1) is 21.0. The summed E-state index contributed by atoms with van der Waals surface area (Å²) >= 11 is 0. The Bertz CT molecular complexity index is 198. The SMILES string of the molecule is CCC(C)(C)CCCCCCCCCCCCCCCO. The molecule has 0 atom stereocenters. The van der Waals surface area contributed by atoms with Crippen LogP contribution in [0, 0.1) is 5.41 Å². The quantitative estimate of drug-likeness (QED) is 0.308. The van der Waals surface area contributed by atoms with Gasteiger partial charge in [0, 0.05) is 6.61 Å². The average Bonchev–Trinajstić information content (AvgIpc) is 2.47. The van der Waals surface area contributed by atoms with Gasteiger partial charge >= 0.3 is 0 Å². The van der Waals surface area contributed by atoms with Gasteiger partial charge in [0.1, 0.15) is 0 Å². The third kappa shape index (κ3) is 16.2. The molecule has 0 aliphatic rings. The van der Waals surface area contributed by atoms with Crippen LogP contribution < -0.4 is 0 Å². The third-order valence-corrected chi connectivity index (χ3v) is 4.97. The predicted molar refractivity (Wildman–Crippen MR) is 95.8 cm³/mol. The van der Waals surface area contributed by atoms with Gasteiger partial charge in [-0.1, -0.05) is 104 Å². The minimum atomic E-state index is 0.371. The van der Waals surface area contributed by atoms with Crippen LogP contribution in [0.2, 0.25) is 0 Å². The zero-order valence-electron chi connectivity index (χ0n) is 15.3. The first-order valence-corrected chi connectivity index (χ1v) is 9.73. The van der Waals surface area contributed by atoms with E-state index in [2.05, 4.69) is 20.8 Å². The van der Waals surface area contributed by atoms with Crippen LogP contribution in [0.25, 0.3) is 0 Å². The van der Waals surface area contributed by atoms with E-state index in [0.717, 1.165) is 6.42 Å². The van der Waals surface area contributed by atoms with Crippen molar-refractivity contribution in [1.82, 2.24) is 0 Å². The second-order valence-corrected chi connectivity index (χ2v) is 7.59. The Morgan fingerprint density at radius 1 is 0.571 bits per heavy atom. The van der Waals surface area contributed by atoms with Crippen LogP contribution >= 0.6 is 0 Å². The summed E-state index contributed by atoms with van der Waals surface area (Å²) in [6.07, 6.45) is 20.5. The van der Waals surface area contributed by atoms with Crippen molar-refractivity contribution in [3.63, 3.8) is 0 Å². The highest BCUT2D eigenvalue weighted by Gasteiger charge is 2.13. The fourth-order valence-corrected chi connectivity index (χ4v) is 2.84. The monoisotopic (exact) mass is 298 g/mol. The molecule has 128 valence electrons. The molecule has 0 bridgehead atoms. The van der Waals surface area contributed by atoms with Crippen LogP contribution in [0.1, 0.15) is 117 Å². The van der Waals surface area contributed by atoms with Crippen molar-refractivity contribution in [3.8, 4) is 0 Å². The van der Waals surface area contributed by atoms with Gasteiger partial charge in [-0.2, -0.15) is 0 Å². The van der Waals surface area contributed by atoms with E-state index in [0.29, 0.717) is 12.0 Å². The summed E-state index contributed by atoms with van der Waals surface area (Å²) in [4.78, 5) is 0. The second kappa shape index (κ2) is 14.9. The highest BCUT2D eigenvalue weighted by Crippen LogP contribution is 2.27. The maximum Gasteiger partial charge on any atom is 0.0431 e. The Hall–Kier alpha value is -0.0400. The fourth-order valence-electron chi connectivity index (χ4n) is 2.84. The summed E-state index contributed by atoms with van der Waals surface area (Å²) < 4.78 is 0. The summed E-state index contributed by atoms with van der Waals surface area (Å²) in [6, 6.07) is 0. The Labute approximate surface area is 134 Å². The van der Waals surface area contributed by atoms with E-state index in [1.807, 2.05) is 0 Å². The lowest BCUT2D eigenvalue weighted by molar-refractivity contribution is 0.282. The summed E-state index contributed by atoms with van der Waals surface area (Å²) in [7, 11) is 0. The molecule has 21 heavy (non-hydrogen) atoms. The van der Waals surface area contributed by atoms with Gasteiger partial charge in [0.25, 0.3) is 0 Å². The first-order chi connectivity index (χ1) is 10.1. The van der Waals surface area contributed by atoms with Crippen LogP contribution in [0.15, 0.2) is 0 Å². The maximum absolute atomic E-state index is 8.70. The lowest BCUT2D eigenvalue weighted by Crippen LogP contribution is -2.08. The zero-order chi connectivity index (χ0) is 15.8. The van der Waals surface area contributed by atoms with Crippen molar-refractivity contribution in [2.24, 2.45) is 5.41 Å². The summed E-state index contributed by atoms with van der Waals surface area (Å²) in [5.74, 6) is 0. The molecule has 0 aliphatic carbocycles. The number of hydrogen-bond donors (Lipinski definition) is 1. The molecule has 0 rings (SSSR count). The Kier molecular flexibility index (Phi) is 14.9. The maximum atomic E-state index is 8.70. The molecule has 0 radical (unpaired) electrons. The number of unbranched alkanes of at least 4 members (excludes halogenated alkanes) is 12. The van der Waals surface area contributed by atoms with Crippen molar-refractivity contribution in [1.29, 1.82) is 0 Å². The topological polar surface area (TPSA) is 20.2 Å². The van der Waals surface area contributed by atoms with Gasteiger partial charge in [-0.25, -0.2) is 0 Å². The van der Waals surface area contributed by atoms with Crippen molar-refractivity contribution in [3.05, 3.63) is 0 Å². The molecule has 0 saturated heterocycles. The van der Waals surface area contributed by atoms with Crippen LogP contribution in [0.3, 0.4) is 0 Å². The van der Waals surface area contributed by atoms with Crippen molar-refractivity contribution in [2.75, 3.05) is 6.61 Å². The molecule has 0 unspecified atom stereocenters. The van der Waals surface area contributed by atoms with E-state index in [-0.39, 0.29) is 0 Å². The molecule has 0 aromatic rings. The number of aliphatic hydroxyl groups excluding tert-OH is 1. The largest absolute Gasteiger partial charge is 0.396 e. The molecule has 1 N–H and O–H groups in total. The van der Waals surface area contributed by atoms with Gasteiger partial charge in [-0.05, 0) is 18.3 Å². The predicted octanol–water partition coefficient (Wildman–Crippen LogP) is 6.88. The lowest BCUT2D eigenvalue weighted by atomic mass is 9.84. The average molecular weight is 299 g/mol. The van der Waals surface area contributed by atoms with E-state index in [1.54, 1.807) is 0 Å². The normalized spacial score (nSPS) is 12.0. The Morgan fingerprint density at radius 3 is 1.24 bits per heavy atom. The molecule has 1 nitrogen and oxygen atoms in total. The minimum Gasteiger partial charge on any atom is -0.396 e. The molecule has 0 spiro atoms.